The topological polar surface area (TPSA) is 104 Å². The van der Waals surface area contributed by atoms with Crippen LogP contribution in [-0.4, -0.2) is 48.1 Å². The Bertz CT molecular complexity index is 1210. The molecule has 3 rings (SSSR count). The molecule has 0 fully saturated rings. The van der Waals surface area contributed by atoms with E-state index >= 15 is 0 Å². The first-order valence-corrected chi connectivity index (χ1v) is 12.2. The SMILES string of the molecule is Cc1ccc(F)c(C(C)[C@@H](C(=O)O)N2CCOc3c(ccc(Cl)c3C(C)(C)O)S2(=O)=O)c1C. The number of hydrogen-bond donors (Lipinski definition) is 2. The van der Waals surface area contributed by atoms with Gasteiger partial charge < -0.3 is 14.9 Å². The minimum absolute atomic E-state index is 0.0904. The zero-order valence-electron chi connectivity index (χ0n) is 19.0. The zero-order chi connectivity index (χ0) is 24.9. The van der Waals surface area contributed by atoms with Gasteiger partial charge in [0.15, 0.2) is 0 Å². The predicted octanol–water partition coefficient (Wildman–Crippen LogP) is 3.96. The van der Waals surface area contributed by atoms with Gasteiger partial charge in [-0.25, -0.2) is 12.8 Å². The van der Waals surface area contributed by atoms with Gasteiger partial charge >= 0.3 is 5.97 Å². The van der Waals surface area contributed by atoms with Crippen molar-refractivity contribution in [1.29, 1.82) is 0 Å². The second kappa shape index (κ2) is 8.87. The summed E-state index contributed by atoms with van der Waals surface area (Å²) >= 11 is 6.24. The number of halogens is 2. The number of rotatable bonds is 5. The third kappa shape index (κ3) is 4.47. The van der Waals surface area contributed by atoms with Crippen LogP contribution in [0.25, 0.3) is 0 Å². The molecule has 2 aromatic rings. The van der Waals surface area contributed by atoms with Gasteiger partial charge in [0.2, 0.25) is 10.0 Å². The summed E-state index contributed by atoms with van der Waals surface area (Å²) < 4.78 is 48.7. The molecule has 0 aliphatic carbocycles. The van der Waals surface area contributed by atoms with E-state index in [-0.39, 0.29) is 39.9 Å². The maximum atomic E-state index is 14.8. The number of carboxylic acids is 1. The second-order valence-corrected chi connectivity index (χ2v) is 11.0. The smallest absolute Gasteiger partial charge is 0.322 e. The van der Waals surface area contributed by atoms with Crippen molar-refractivity contribution in [2.75, 3.05) is 13.2 Å². The van der Waals surface area contributed by atoms with E-state index in [4.69, 9.17) is 16.3 Å². The van der Waals surface area contributed by atoms with Crippen LogP contribution < -0.4 is 4.74 Å². The monoisotopic (exact) mass is 499 g/mol. The van der Waals surface area contributed by atoms with Crippen LogP contribution in [0.3, 0.4) is 0 Å². The summed E-state index contributed by atoms with van der Waals surface area (Å²) in [6.07, 6.45) is 0. The number of aliphatic carboxylic acids is 1. The Morgan fingerprint density at radius 2 is 1.88 bits per heavy atom. The van der Waals surface area contributed by atoms with Gasteiger partial charge in [0, 0.05) is 18.0 Å². The first-order valence-electron chi connectivity index (χ1n) is 10.4. The van der Waals surface area contributed by atoms with E-state index in [1.165, 1.54) is 39.0 Å². The number of sulfonamides is 1. The van der Waals surface area contributed by atoms with Crippen LogP contribution in [-0.2, 0) is 20.4 Å². The van der Waals surface area contributed by atoms with E-state index in [1.54, 1.807) is 19.9 Å². The normalized spacial score (nSPS) is 18.1. The number of aryl methyl sites for hydroxylation is 1. The van der Waals surface area contributed by atoms with E-state index in [9.17, 15) is 27.8 Å². The lowest BCUT2D eigenvalue weighted by molar-refractivity contribution is -0.142. The van der Waals surface area contributed by atoms with Gasteiger partial charge in [0.1, 0.15) is 29.1 Å². The van der Waals surface area contributed by atoms with Gasteiger partial charge in [-0.2, -0.15) is 4.31 Å². The van der Waals surface area contributed by atoms with E-state index in [2.05, 4.69) is 0 Å². The number of aliphatic hydroxyl groups is 1. The molecule has 0 aromatic heterocycles. The number of hydrogen-bond acceptors (Lipinski definition) is 5. The van der Waals surface area contributed by atoms with Crippen molar-refractivity contribution >= 4 is 27.6 Å². The summed E-state index contributed by atoms with van der Waals surface area (Å²) in [5, 5.41) is 20.8. The van der Waals surface area contributed by atoms with Gasteiger partial charge in [-0.1, -0.05) is 24.6 Å². The summed E-state index contributed by atoms with van der Waals surface area (Å²) in [7, 11) is -4.42. The van der Waals surface area contributed by atoms with E-state index in [0.717, 1.165) is 9.87 Å². The van der Waals surface area contributed by atoms with Crippen molar-refractivity contribution in [3.63, 3.8) is 0 Å². The van der Waals surface area contributed by atoms with Crippen LogP contribution in [0.4, 0.5) is 4.39 Å². The summed E-state index contributed by atoms with van der Waals surface area (Å²) in [4.78, 5) is 12.1. The quantitative estimate of drug-likeness (QED) is 0.645. The predicted molar refractivity (Wildman–Crippen MR) is 122 cm³/mol. The highest BCUT2D eigenvalue weighted by molar-refractivity contribution is 7.89. The van der Waals surface area contributed by atoms with Gasteiger partial charge in [-0.05, 0) is 62.6 Å². The summed E-state index contributed by atoms with van der Waals surface area (Å²) in [6, 6.07) is 3.79. The Hall–Kier alpha value is -2.20. The Balaban J connectivity index is 2.20. The first-order chi connectivity index (χ1) is 15.2. The Morgan fingerprint density at radius 1 is 1.24 bits per heavy atom. The van der Waals surface area contributed by atoms with Crippen LogP contribution >= 0.6 is 11.6 Å². The van der Waals surface area contributed by atoms with Crippen molar-refractivity contribution < 1.29 is 32.6 Å². The van der Waals surface area contributed by atoms with Crippen molar-refractivity contribution in [3.8, 4) is 5.75 Å². The van der Waals surface area contributed by atoms with Crippen LogP contribution in [0.1, 0.15) is 48.9 Å². The highest BCUT2D eigenvalue weighted by Crippen LogP contribution is 2.43. The van der Waals surface area contributed by atoms with Crippen LogP contribution in [0.2, 0.25) is 5.02 Å². The minimum atomic E-state index is -4.42. The Morgan fingerprint density at radius 3 is 2.45 bits per heavy atom. The number of carbonyl (C=O) groups is 1. The lowest BCUT2D eigenvalue weighted by atomic mass is 9.87. The molecule has 2 aromatic carbocycles. The third-order valence-electron chi connectivity index (χ3n) is 6.05. The lowest BCUT2D eigenvalue weighted by Crippen LogP contribution is -2.48. The molecule has 1 aliphatic rings. The maximum absolute atomic E-state index is 14.8. The first kappa shape index (κ1) is 25.4. The molecule has 0 saturated heterocycles. The summed E-state index contributed by atoms with van der Waals surface area (Å²) in [6.45, 7) is 7.37. The van der Waals surface area contributed by atoms with Gasteiger partial charge in [0.25, 0.3) is 0 Å². The Labute approximate surface area is 197 Å². The molecule has 0 amide bonds. The highest BCUT2D eigenvalue weighted by Gasteiger charge is 2.44. The molecule has 33 heavy (non-hydrogen) atoms. The van der Waals surface area contributed by atoms with Crippen LogP contribution in [0.15, 0.2) is 29.2 Å². The number of fused-ring (bicyclic) bond motifs is 1. The number of benzene rings is 2. The van der Waals surface area contributed by atoms with Gasteiger partial charge in [-0.3, -0.25) is 4.79 Å². The molecule has 7 nitrogen and oxygen atoms in total. The van der Waals surface area contributed by atoms with Gasteiger partial charge in [0.05, 0.1) is 10.6 Å². The highest BCUT2D eigenvalue weighted by atomic mass is 35.5. The average Bonchev–Trinajstić information content (AvgIpc) is 2.80. The second-order valence-electron chi connectivity index (χ2n) is 8.75. The molecule has 0 saturated carbocycles. The van der Waals surface area contributed by atoms with Crippen molar-refractivity contribution in [2.45, 2.75) is 57.1 Å². The zero-order valence-corrected chi connectivity index (χ0v) is 20.6. The molecule has 1 unspecified atom stereocenters. The Kier molecular flexibility index (Phi) is 6.83. The molecular weight excluding hydrogens is 473 g/mol. The third-order valence-corrected chi connectivity index (χ3v) is 8.27. The van der Waals surface area contributed by atoms with Gasteiger partial charge in [-0.15, -0.1) is 0 Å². The fourth-order valence-electron chi connectivity index (χ4n) is 4.34. The largest absolute Gasteiger partial charge is 0.490 e. The van der Waals surface area contributed by atoms with Crippen molar-refractivity contribution in [3.05, 3.63) is 57.4 Å². The van der Waals surface area contributed by atoms with Crippen LogP contribution in [0, 0.1) is 19.7 Å². The molecule has 1 heterocycles. The fourth-order valence-corrected chi connectivity index (χ4v) is 6.49. The molecule has 1 aliphatic heterocycles. The fraction of sp³-hybridized carbons (Fsp3) is 0.435. The molecule has 10 heteroatoms. The molecule has 180 valence electrons. The average molecular weight is 500 g/mol. The van der Waals surface area contributed by atoms with E-state index in [0.29, 0.717) is 5.56 Å². The molecule has 2 atom stereocenters. The number of carboxylic acid groups (broad SMARTS) is 1. The number of nitrogens with zero attached hydrogens (tertiary/aromatic N) is 1. The molecular formula is C23H27ClFNO6S. The van der Waals surface area contributed by atoms with E-state index < -0.39 is 39.4 Å². The van der Waals surface area contributed by atoms with Crippen molar-refractivity contribution in [1.82, 2.24) is 4.31 Å². The molecule has 2 N–H and O–H groups in total. The van der Waals surface area contributed by atoms with E-state index in [1.807, 2.05) is 0 Å². The van der Waals surface area contributed by atoms with Crippen molar-refractivity contribution in [2.24, 2.45) is 0 Å². The number of ether oxygens (including phenoxy) is 1. The molecule has 0 spiro atoms. The summed E-state index contributed by atoms with van der Waals surface area (Å²) in [5.74, 6) is -3.13. The maximum Gasteiger partial charge on any atom is 0.322 e. The standard InChI is InChI=1S/C23H27ClFNO6S/c1-12-6-8-16(25)18(13(12)2)14(3)20(22(27)28)26-10-11-32-21-17(33(26,30)31)9-7-15(24)19(21)23(4,5)29/h6-9,14,20,29H,10-11H2,1-5H3,(H,27,28)/t14?,20-/m0/s1. The lowest BCUT2D eigenvalue weighted by Gasteiger charge is -2.32. The molecule has 0 bridgehead atoms. The summed E-state index contributed by atoms with van der Waals surface area (Å²) in [5.41, 5.74) is 0.0471. The minimum Gasteiger partial charge on any atom is -0.490 e. The molecule has 0 radical (unpaired) electrons. The van der Waals surface area contributed by atoms with Crippen LogP contribution in [0.5, 0.6) is 5.75 Å².